The molecule has 0 spiro atoms. The van der Waals surface area contributed by atoms with Gasteiger partial charge >= 0.3 is 5.97 Å². The van der Waals surface area contributed by atoms with Crippen LogP contribution in [0.25, 0.3) is 0 Å². The summed E-state index contributed by atoms with van der Waals surface area (Å²) >= 11 is 0. The molecule has 1 aliphatic carbocycles. The Labute approximate surface area is 180 Å². The number of Topliss-reactive ketones (excluding diaryl/α,β-unsaturated/α-hetero) is 1. The number of anilines is 1. The minimum Gasteiger partial charge on any atom is -0.486 e. The Balaban J connectivity index is 1.45. The molecule has 31 heavy (non-hydrogen) atoms. The molecule has 0 aromatic heterocycles. The molecule has 1 heterocycles. The molecule has 0 unspecified atom stereocenters. The second-order valence-electron chi connectivity index (χ2n) is 7.91. The van der Waals surface area contributed by atoms with Crippen LogP contribution < -0.4 is 14.8 Å². The van der Waals surface area contributed by atoms with E-state index in [1.807, 2.05) is 18.2 Å². The molecule has 7 nitrogen and oxygen atoms in total. The Hall–Kier alpha value is -3.35. The van der Waals surface area contributed by atoms with E-state index in [-0.39, 0.29) is 24.3 Å². The number of nitrogens with one attached hydrogen (secondary N) is 1. The highest BCUT2D eigenvalue weighted by atomic mass is 16.6. The Bertz CT molecular complexity index is 992. The van der Waals surface area contributed by atoms with Gasteiger partial charge in [0.15, 0.2) is 23.9 Å². The fraction of sp³-hybridized carbons (Fsp3) is 0.375. The molecule has 0 radical (unpaired) electrons. The molecule has 4 rings (SSSR count). The van der Waals surface area contributed by atoms with Crippen LogP contribution in [-0.2, 0) is 19.7 Å². The van der Waals surface area contributed by atoms with Crippen LogP contribution in [0.15, 0.2) is 42.5 Å². The van der Waals surface area contributed by atoms with Crippen LogP contribution in [0.5, 0.6) is 11.5 Å². The molecule has 1 aliphatic heterocycles. The fourth-order valence-electron chi connectivity index (χ4n) is 4.23. The third-order valence-corrected chi connectivity index (χ3v) is 5.80. The largest absolute Gasteiger partial charge is 0.486 e. The highest BCUT2D eigenvalue weighted by Gasteiger charge is 2.45. The van der Waals surface area contributed by atoms with E-state index >= 15 is 0 Å². The summed E-state index contributed by atoms with van der Waals surface area (Å²) in [6.07, 6.45) is 3.18. The van der Waals surface area contributed by atoms with E-state index in [1.54, 1.807) is 24.3 Å². The van der Waals surface area contributed by atoms with Crippen LogP contribution in [0, 0.1) is 0 Å². The Kier molecular flexibility index (Phi) is 5.93. The van der Waals surface area contributed by atoms with Crippen LogP contribution in [0.1, 0.15) is 48.5 Å². The minimum atomic E-state index is -0.772. The third kappa shape index (κ3) is 4.40. The normalized spacial score (nSPS) is 16.4. The molecule has 1 amide bonds. The van der Waals surface area contributed by atoms with Gasteiger partial charge in [-0.25, -0.2) is 0 Å². The van der Waals surface area contributed by atoms with Gasteiger partial charge in [0.1, 0.15) is 13.2 Å². The summed E-state index contributed by atoms with van der Waals surface area (Å²) in [4.78, 5) is 36.8. The van der Waals surface area contributed by atoms with Gasteiger partial charge in [-0.1, -0.05) is 18.9 Å². The van der Waals surface area contributed by atoms with E-state index in [4.69, 9.17) is 14.2 Å². The van der Waals surface area contributed by atoms with Crippen molar-refractivity contribution < 1.29 is 28.6 Å². The smallest absolute Gasteiger partial charge is 0.317 e. The SMILES string of the molecule is CC(=O)Nc1ccc(C(=O)COC(=O)C2(c3ccc4c(c3)OCCO4)CCCC2)cc1. The summed E-state index contributed by atoms with van der Waals surface area (Å²) in [5, 5.41) is 2.65. The summed E-state index contributed by atoms with van der Waals surface area (Å²) in [5.74, 6) is 0.449. The molecule has 1 N–H and O–H groups in total. The molecule has 2 aromatic carbocycles. The van der Waals surface area contributed by atoms with Gasteiger partial charge in [-0.3, -0.25) is 14.4 Å². The second-order valence-corrected chi connectivity index (χ2v) is 7.91. The van der Waals surface area contributed by atoms with E-state index in [1.165, 1.54) is 6.92 Å². The number of hydrogen-bond acceptors (Lipinski definition) is 6. The van der Waals surface area contributed by atoms with Gasteiger partial charge in [0, 0.05) is 18.2 Å². The summed E-state index contributed by atoms with van der Waals surface area (Å²) in [7, 11) is 0. The van der Waals surface area contributed by atoms with Crippen molar-refractivity contribution in [3.63, 3.8) is 0 Å². The summed E-state index contributed by atoms with van der Waals surface area (Å²) in [5.41, 5.74) is 1.09. The van der Waals surface area contributed by atoms with Gasteiger partial charge < -0.3 is 19.5 Å². The lowest BCUT2D eigenvalue weighted by molar-refractivity contribution is -0.149. The van der Waals surface area contributed by atoms with Crippen molar-refractivity contribution in [3.8, 4) is 11.5 Å². The molecule has 0 saturated heterocycles. The van der Waals surface area contributed by atoms with Crippen molar-refractivity contribution in [2.24, 2.45) is 0 Å². The molecule has 0 bridgehead atoms. The van der Waals surface area contributed by atoms with Crippen molar-refractivity contribution >= 4 is 23.3 Å². The monoisotopic (exact) mass is 423 g/mol. The Morgan fingerprint density at radius 1 is 0.968 bits per heavy atom. The molecular weight excluding hydrogens is 398 g/mol. The van der Waals surface area contributed by atoms with E-state index < -0.39 is 5.41 Å². The lowest BCUT2D eigenvalue weighted by Gasteiger charge is -2.28. The highest BCUT2D eigenvalue weighted by Crippen LogP contribution is 2.45. The van der Waals surface area contributed by atoms with Crippen LogP contribution in [0.2, 0.25) is 0 Å². The Morgan fingerprint density at radius 2 is 1.65 bits per heavy atom. The zero-order chi connectivity index (χ0) is 21.8. The average Bonchev–Trinajstić information content (AvgIpc) is 3.28. The van der Waals surface area contributed by atoms with Crippen LogP contribution in [0.3, 0.4) is 0 Å². The molecule has 1 saturated carbocycles. The molecule has 162 valence electrons. The lowest BCUT2D eigenvalue weighted by Crippen LogP contribution is -2.36. The number of ether oxygens (including phenoxy) is 3. The van der Waals surface area contributed by atoms with E-state index in [2.05, 4.69) is 5.32 Å². The quantitative estimate of drug-likeness (QED) is 0.563. The molecule has 2 aromatic rings. The number of benzene rings is 2. The zero-order valence-electron chi connectivity index (χ0n) is 17.4. The van der Waals surface area contributed by atoms with Crippen LogP contribution in [0.4, 0.5) is 5.69 Å². The van der Waals surface area contributed by atoms with Crippen molar-refractivity contribution in [1.29, 1.82) is 0 Å². The molecule has 1 fully saturated rings. The van der Waals surface area contributed by atoms with Gasteiger partial charge in [0.05, 0.1) is 5.41 Å². The summed E-state index contributed by atoms with van der Waals surface area (Å²) in [6, 6.07) is 12.1. The van der Waals surface area contributed by atoms with E-state index in [9.17, 15) is 14.4 Å². The van der Waals surface area contributed by atoms with Crippen molar-refractivity contribution in [3.05, 3.63) is 53.6 Å². The second kappa shape index (κ2) is 8.79. The van der Waals surface area contributed by atoms with Crippen molar-refractivity contribution in [1.82, 2.24) is 0 Å². The number of esters is 1. The highest BCUT2D eigenvalue weighted by molar-refractivity contribution is 5.99. The number of rotatable bonds is 6. The number of amides is 1. The van der Waals surface area contributed by atoms with Gasteiger partial charge in [-0.2, -0.15) is 0 Å². The number of fused-ring (bicyclic) bond motifs is 1. The number of carbonyl (C=O) groups is 3. The maximum Gasteiger partial charge on any atom is 0.317 e. The number of hydrogen-bond donors (Lipinski definition) is 1. The summed E-state index contributed by atoms with van der Waals surface area (Å²) in [6.45, 7) is 2.07. The first kappa shape index (κ1) is 20.9. The maximum absolute atomic E-state index is 13.2. The summed E-state index contributed by atoms with van der Waals surface area (Å²) < 4.78 is 16.8. The van der Waals surface area contributed by atoms with E-state index in [0.717, 1.165) is 18.4 Å². The van der Waals surface area contributed by atoms with Crippen LogP contribution >= 0.6 is 0 Å². The molecule has 0 atom stereocenters. The van der Waals surface area contributed by atoms with Gasteiger partial charge in [0.25, 0.3) is 0 Å². The van der Waals surface area contributed by atoms with Crippen molar-refractivity contribution in [2.75, 3.05) is 25.1 Å². The van der Waals surface area contributed by atoms with Crippen LogP contribution in [-0.4, -0.2) is 37.5 Å². The van der Waals surface area contributed by atoms with Gasteiger partial charge in [0.2, 0.25) is 5.91 Å². The molecule has 7 heteroatoms. The van der Waals surface area contributed by atoms with Crippen molar-refractivity contribution in [2.45, 2.75) is 38.0 Å². The third-order valence-electron chi connectivity index (χ3n) is 5.80. The first-order chi connectivity index (χ1) is 15.0. The zero-order valence-corrected chi connectivity index (χ0v) is 17.4. The predicted octanol–water partition coefficient (Wildman–Crippen LogP) is 3.65. The number of ketones is 1. The lowest BCUT2D eigenvalue weighted by atomic mass is 9.78. The first-order valence-corrected chi connectivity index (χ1v) is 10.5. The van der Waals surface area contributed by atoms with Gasteiger partial charge in [-0.05, 0) is 54.8 Å². The Morgan fingerprint density at radius 3 is 2.32 bits per heavy atom. The average molecular weight is 423 g/mol. The molecule has 2 aliphatic rings. The fourth-order valence-corrected chi connectivity index (χ4v) is 4.23. The number of carbonyl (C=O) groups excluding carboxylic acids is 3. The van der Waals surface area contributed by atoms with E-state index in [0.29, 0.717) is 48.8 Å². The molecular formula is C24H25NO6. The predicted molar refractivity (Wildman–Crippen MR) is 114 cm³/mol. The standard InChI is InChI=1S/C24H25NO6/c1-16(26)25-19-7-4-17(5-8-19)20(27)15-31-23(28)24(10-2-3-11-24)18-6-9-21-22(14-18)30-13-12-29-21/h4-9,14H,2-3,10-13,15H2,1H3,(H,25,26). The van der Waals surface area contributed by atoms with Gasteiger partial charge in [-0.15, -0.1) is 0 Å². The topological polar surface area (TPSA) is 90.9 Å². The minimum absolute atomic E-state index is 0.186. The maximum atomic E-state index is 13.2. The first-order valence-electron chi connectivity index (χ1n) is 10.5.